The quantitative estimate of drug-likeness (QED) is 0.789. The molecule has 0 saturated heterocycles. The number of nitrogens with zero attached hydrogens (tertiary/aromatic N) is 4. The van der Waals surface area contributed by atoms with E-state index in [4.69, 9.17) is 0 Å². The van der Waals surface area contributed by atoms with Crippen molar-refractivity contribution < 1.29 is 23.1 Å². The predicted octanol–water partition coefficient (Wildman–Crippen LogP) is 1.26. The molecule has 0 fully saturated rings. The molecule has 2 aromatic rings. The zero-order valence-electron chi connectivity index (χ0n) is 11.7. The van der Waals surface area contributed by atoms with Gasteiger partial charge in [-0.2, -0.15) is 13.2 Å². The van der Waals surface area contributed by atoms with Crippen LogP contribution in [0.3, 0.4) is 0 Å². The fourth-order valence-corrected chi connectivity index (χ4v) is 2.45. The summed E-state index contributed by atoms with van der Waals surface area (Å²) < 4.78 is 39.8. The molecule has 0 saturated carbocycles. The second-order valence-electron chi connectivity index (χ2n) is 4.99. The van der Waals surface area contributed by atoms with Gasteiger partial charge >= 0.3 is 6.18 Å². The molecule has 1 aliphatic heterocycles. The predicted molar refractivity (Wildman–Crippen MR) is 69.8 cm³/mol. The van der Waals surface area contributed by atoms with Crippen LogP contribution in [0, 0.1) is 0 Å². The van der Waals surface area contributed by atoms with E-state index in [0.717, 1.165) is 4.90 Å². The van der Waals surface area contributed by atoms with Crippen molar-refractivity contribution in [2.75, 3.05) is 6.54 Å². The number of fused-ring (bicyclic) bond motifs is 1. The monoisotopic (exact) mass is 323 g/mol. The molecule has 0 N–H and O–H groups in total. The minimum absolute atomic E-state index is 0.0505. The summed E-state index contributed by atoms with van der Waals surface area (Å²) in [6.07, 6.45) is -3.35. The highest BCUT2D eigenvalue weighted by Crippen LogP contribution is 2.35. The third kappa shape index (κ3) is 2.94. The van der Waals surface area contributed by atoms with Gasteiger partial charge in [-0.05, 0) is 18.6 Å². The number of carbonyl (C=O) groups is 1. The Bertz CT molecular complexity index is 750. The highest BCUT2D eigenvalue weighted by Gasteiger charge is 2.38. The van der Waals surface area contributed by atoms with Gasteiger partial charge < -0.3 is 14.8 Å². The summed E-state index contributed by atoms with van der Waals surface area (Å²) in [5, 5.41) is 10.9. The van der Waals surface area contributed by atoms with Crippen molar-refractivity contribution in [3.63, 3.8) is 0 Å². The number of hydrogen-bond donors (Lipinski definition) is 0. The normalized spacial score (nSPS) is 14.5. The zero-order valence-corrected chi connectivity index (χ0v) is 11.7. The Labute approximate surface area is 128 Å². The second kappa shape index (κ2) is 5.49. The Hall–Kier alpha value is -2.71. The number of amides is 1. The van der Waals surface area contributed by atoms with Gasteiger partial charge in [-0.15, -0.1) is 0 Å². The SMILES string of the molecule is O=C([O-])N1CCc2c(nc(-c3ccncc3)nc2C(F)(F)F)C1. The van der Waals surface area contributed by atoms with E-state index in [1.54, 1.807) is 0 Å². The lowest BCUT2D eigenvalue weighted by Gasteiger charge is -2.31. The molecule has 0 atom stereocenters. The van der Waals surface area contributed by atoms with Gasteiger partial charge in [-0.3, -0.25) is 4.98 Å². The maximum Gasteiger partial charge on any atom is 0.433 e. The minimum atomic E-state index is -4.64. The van der Waals surface area contributed by atoms with Crippen molar-refractivity contribution in [3.8, 4) is 11.4 Å². The molecular weight excluding hydrogens is 313 g/mol. The number of alkyl halides is 3. The van der Waals surface area contributed by atoms with Crippen molar-refractivity contribution in [2.24, 2.45) is 0 Å². The molecule has 1 amide bonds. The fraction of sp³-hybridized carbons (Fsp3) is 0.286. The summed E-state index contributed by atoms with van der Waals surface area (Å²) in [6.45, 7) is -0.322. The van der Waals surface area contributed by atoms with Crippen molar-refractivity contribution in [2.45, 2.75) is 19.1 Å². The van der Waals surface area contributed by atoms with Crippen LogP contribution in [-0.2, 0) is 19.1 Å². The Morgan fingerprint density at radius 3 is 2.52 bits per heavy atom. The lowest BCUT2D eigenvalue weighted by Crippen LogP contribution is -2.44. The first kappa shape index (κ1) is 15.2. The van der Waals surface area contributed by atoms with E-state index in [1.807, 2.05) is 0 Å². The van der Waals surface area contributed by atoms with Gasteiger partial charge in [0.2, 0.25) is 0 Å². The first-order valence-electron chi connectivity index (χ1n) is 6.69. The van der Waals surface area contributed by atoms with E-state index in [1.165, 1.54) is 24.5 Å². The summed E-state index contributed by atoms with van der Waals surface area (Å²) in [7, 11) is 0. The van der Waals surface area contributed by atoms with Crippen LogP contribution in [0.2, 0.25) is 0 Å². The average Bonchev–Trinajstić information content (AvgIpc) is 2.53. The first-order valence-corrected chi connectivity index (χ1v) is 6.69. The molecule has 0 aromatic carbocycles. The number of halogens is 3. The average molecular weight is 323 g/mol. The van der Waals surface area contributed by atoms with Gasteiger partial charge in [0.25, 0.3) is 0 Å². The lowest BCUT2D eigenvalue weighted by atomic mass is 10.0. The van der Waals surface area contributed by atoms with Crippen molar-refractivity contribution in [1.82, 2.24) is 19.9 Å². The molecule has 1 aliphatic rings. The first-order chi connectivity index (χ1) is 10.9. The highest BCUT2D eigenvalue weighted by atomic mass is 19.4. The third-order valence-electron chi connectivity index (χ3n) is 3.53. The Morgan fingerprint density at radius 2 is 1.91 bits per heavy atom. The van der Waals surface area contributed by atoms with Crippen LogP contribution in [0.4, 0.5) is 18.0 Å². The molecule has 120 valence electrons. The van der Waals surface area contributed by atoms with Crippen LogP contribution in [0.5, 0.6) is 0 Å². The maximum atomic E-state index is 13.3. The van der Waals surface area contributed by atoms with Crippen LogP contribution >= 0.6 is 0 Å². The number of rotatable bonds is 1. The van der Waals surface area contributed by atoms with Crippen molar-refractivity contribution >= 4 is 6.09 Å². The van der Waals surface area contributed by atoms with Gasteiger partial charge in [0.05, 0.1) is 12.2 Å². The number of carbonyl (C=O) groups excluding carboxylic acids is 1. The molecule has 0 radical (unpaired) electrons. The standard InChI is InChI=1S/C14H11F3N4O2/c15-14(16,17)11-9-3-6-21(13(22)23)7-10(9)19-12(20-11)8-1-4-18-5-2-8/h1-2,4-5H,3,6-7H2,(H,22,23)/p-1. The second-order valence-corrected chi connectivity index (χ2v) is 4.99. The van der Waals surface area contributed by atoms with Gasteiger partial charge in [0, 0.05) is 30.1 Å². The lowest BCUT2D eigenvalue weighted by molar-refractivity contribution is -0.266. The third-order valence-corrected chi connectivity index (χ3v) is 3.53. The van der Waals surface area contributed by atoms with Crippen LogP contribution < -0.4 is 5.11 Å². The van der Waals surface area contributed by atoms with Gasteiger partial charge in [0.15, 0.2) is 11.5 Å². The zero-order chi connectivity index (χ0) is 16.6. The minimum Gasteiger partial charge on any atom is -0.530 e. The summed E-state index contributed by atoms with van der Waals surface area (Å²) in [4.78, 5) is 23.4. The van der Waals surface area contributed by atoms with E-state index in [2.05, 4.69) is 15.0 Å². The number of pyridine rings is 1. The Balaban J connectivity index is 2.14. The number of aromatic nitrogens is 3. The van der Waals surface area contributed by atoms with Crippen molar-refractivity contribution in [3.05, 3.63) is 41.5 Å². The van der Waals surface area contributed by atoms with Crippen LogP contribution in [0.1, 0.15) is 17.0 Å². The molecule has 3 rings (SSSR count). The van der Waals surface area contributed by atoms with E-state index in [-0.39, 0.29) is 36.6 Å². The van der Waals surface area contributed by atoms with Gasteiger partial charge in [-0.1, -0.05) is 0 Å². The van der Waals surface area contributed by atoms with Crippen molar-refractivity contribution in [1.29, 1.82) is 0 Å². The molecule has 0 aliphatic carbocycles. The van der Waals surface area contributed by atoms with Crippen LogP contribution in [0.25, 0.3) is 11.4 Å². The molecule has 23 heavy (non-hydrogen) atoms. The molecule has 9 heteroatoms. The largest absolute Gasteiger partial charge is 0.530 e. The summed E-state index contributed by atoms with van der Waals surface area (Å²) in [6, 6.07) is 2.97. The summed E-state index contributed by atoms with van der Waals surface area (Å²) in [5.74, 6) is -0.112. The Kier molecular flexibility index (Phi) is 3.63. The number of carboxylic acid groups (broad SMARTS) is 1. The molecule has 0 spiro atoms. The summed E-state index contributed by atoms with van der Waals surface area (Å²) >= 11 is 0. The highest BCUT2D eigenvalue weighted by molar-refractivity contribution is 5.63. The van der Waals surface area contributed by atoms with E-state index in [0.29, 0.717) is 5.56 Å². The fourth-order valence-electron chi connectivity index (χ4n) is 2.45. The van der Waals surface area contributed by atoms with Gasteiger partial charge in [0.1, 0.15) is 6.09 Å². The molecular formula is C14H10F3N4O2-. The Morgan fingerprint density at radius 1 is 1.22 bits per heavy atom. The summed E-state index contributed by atoms with van der Waals surface area (Å²) in [5.41, 5.74) is -0.659. The smallest absolute Gasteiger partial charge is 0.433 e. The molecule has 2 aromatic heterocycles. The van der Waals surface area contributed by atoms with E-state index < -0.39 is 18.0 Å². The van der Waals surface area contributed by atoms with E-state index >= 15 is 0 Å². The van der Waals surface area contributed by atoms with E-state index in [9.17, 15) is 23.1 Å². The molecule has 0 bridgehead atoms. The maximum absolute atomic E-state index is 13.3. The van der Waals surface area contributed by atoms with Crippen LogP contribution in [-0.4, -0.2) is 32.5 Å². The topological polar surface area (TPSA) is 82.0 Å². The van der Waals surface area contributed by atoms with Crippen LogP contribution in [0.15, 0.2) is 24.5 Å². The molecule has 3 heterocycles. The van der Waals surface area contributed by atoms with Gasteiger partial charge in [-0.25, -0.2) is 9.97 Å². The molecule has 0 unspecified atom stereocenters. The number of hydrogen-bond acceptors (Lipinski definition) is 5. The molecule has 6 nitrogen and oxygen atoms in total.